The molecular weight excluding hydrogens is 360 g/mol. The Labute approximate surface area is 152 Å². The summed E-state index contributed by atoms with van der Waals surface area (Å²) in [6.45, 7) is 0.977. The van der Waals surface area contributed by atoms with Crippen molar-refractivity contribution in [2.45, 2.75) is 11.0 Å². The van der Waals surface area contributed by atoms with E-state index in [2.05, 4.69) is 5.32 Å². The van der Waals surface area contributed by atoms with Crippen LogP contribution in [0.4, 0.5) is 0 Å². The first kappa shape index (κ1) is 20.0. The number of aliphatic hydroxyl groups excluding tert-OH is 1. The van der Waals surface area contributed by atoms with E-state index in [1.807, 2.05) is 12.1 Å². The molecule has 142 valence electrons. The van der Waals surface area contributed by atoms with E-state index >= 15 is 0 Å². The molecule has 9 heteroatoms. The molecule has 0 heterocycles. The SMILES string of the molecule is COc1ccccc1OCCNCC(O)c1ccc(O)c(S(N)(=O)=O)c1. The maximum atomic E-state index is 11.4. The summed E-state index contributed by atoms with van der Waals surface area (Å²) >= 11 is 0. The number of phenolic OH excluding ortho intramolecular Hbond substituents is 1. The van der Waals surface area contributed by atoms with Crippen LogP contribution in [0, 0.1) is 0 Å². The Morgan fingerprint density at radius 3 is 2.54 bits per heavy atom. The molecule has 2 aromatic rings. The number of hydrogen-bond donors (Lipinski definition) is 4. The lowest BCUT2D eigenvalue weighted by Crippen LogP contribution is -2.26. The molecule has 1 unspecified atom stereocenters. The van der Waals surface area contributed by atoms with Crippen molar-refractivity contribution >= 4 is 10.0 Å². The highest BCUT2D eigenvalue weighted by molar-refractivity contribution is 7.89. The van der Waals surface area contributed by atoms with Crippen LogP contribution >= 0.6 is 0 Å². The highest BCUT2D eigenvalue weighted by atomic mass is 32.2. The fourth-order valence-corrected chi connectivity index (χ4v) is 2.95. The van der Waals surface area contributed by atoms with Crippen molar-refractivity contribution in [3.63, 3.8) is 0 Å². The molecule has 0 spiro atoms. The van der Waals surface area contributed by atoms with E-state index in [4.69, 9.17) is 14.6 Å². The van der Waals surface area contributed by atoms with E-state index in [1.54, 1.807) is 19.2 Å². The number of phenols is 1. The first-order valence-corrected chi connectivity index (χ1v) is 9.38. The Hall–Kier alpha value is -2.33. The van der Waals surface area contributed by atoms with Crippen LogP contribution in [0.1, 0.15) is 11.7 Å². The van der Waals surface area contributed by atoms with Gasteiger partial charge < -0.3 is 25.0 Å². The van der Waals surface area contributed by atoms with Gasteiger partial charge >= 0.3 is 0 Å². The minimum Gasteiger partial charge on any atom is -0.507 e. The number of aromatic hydroxyl groups is 1. The molecule has 0 saturated heterocycles. The van der Waals surface area contributed by atoms with Crippen LogP contribution < -0.4 is 19.9 Å². The van der Waals surface area contributed by atoms with Gasteiger partial charge in [0.05, 0.1) is 13.2 Å². The molecule has 0 radical (unpaired) electrons. The second-order valence-corrected chi connectivity index (χ2v) is 7.02. The van der Waals surface area contributed by atoms with E-state index < -0.39 is 26.8 Å². The maximum Gasteiger partial charge on any atom is 0.241 e. The standard InChI is InChI=1S/C17H22N2O6S/c1-24-15-4-2-3-5-16(15)25-9-8-19-11-14(21)12-6-7-13(20)17(10-12)26(18,22)23/h2-7,10,14,19-21H,8-9,11H2,1H3,(H2,18,22,23). The topological polar surface area (TPSA) is 131 Å². The van der Waals surface area contributed by atoms with Gasteiger partial charge in [-0.3, -0.25) is 0 Å². The van der Waals surface area contributed by atoms with Crippen LogP contribution in [-0.4, -0.2) is 45.4 Å². The monoisotopic (exact) mass is 382 g/mol. The number of sulfonamides is 1. The molecule has 0 aliphatic heterocycles. The Kier molecular flexibility index (Phi) is 6.81. The molecule has 0 amide bonds. The number of rotatable bonds is 9. The molecule has 0 saturated carbocycles. The number of aliphatic hydroxyl groups is 1. The summed E-state index contributed by atoms with van der Waals surface area (Å²) in [7, 11) is -2.51. The molecule has 0 aliphatic carbocycles. The predicted molar refractivity (Wildman–Crippen MR) is 95.8 cm³/mol. The van der Waals surface area contributed by atoms with E-state index in [0.29, 0.717) is 30.2 Å². The second-order valence-electron chi connectivity index (χ2n) is 5.49. The summed E-state index contributed by atoms with van der Waals surface area (Å²) in [6, 6.07) is 11.0. The largest absolute Gasteiger partial charge is 0.507 e. The smallest absolute Gasteiger partial charge is 0.241 e. The van der Waals surface area contributed by atoms with Gasteiger partial charge in [0.25, 0.3) is 0 Å². The molecule has 2 aromatic carbocycles. The Balaban J connectivity index is 1.85. The molecule has 26 heavy (non-hydrogen) atoms. The molecular formula is C17H22N2O6S. The normalized spacial score (nSPS) is 12.6. The van der Waals surface area contributed by atoms with Crippen LogP contribution in [0.25, 0.3) is 0 Å². The van der Waals surface area contributed by atoms with Gasteiger partial charge in [-0.1, -0.05) is 18.2 Å². The fraction of sp³-hybridized carbons (Fsp3) is 0.294. The van der Waals surface area contributed by atoms with Crippen LogP contribution in [0.5, 0.6) is 17.2 Å². The van der Waals surface area contributed by atoms with E-state index in [0.717, 1.165) is 6.07 Å². The van der Waals surface area contributed by atoms with Gasteiger partial charge in [-0.25, -0.2) is 13.6 Å². The zero-order chi connectivity index (χ0) is 19.2. The predicted octanol–water partition coefficient (Wildman–Crippen LogP) is 0.750. The van der Waals surface area contributed by atoms with Gasteiger partial charge in [0.2, 0.25) is 10.0 Å². The van der Waals surface area contributed by atoms with Crippen LogP contribution in [-0.2, 0) is 10.0 Å². The Morgan fingerprint density at radius 1 is 1.19 bits per heavy atom. The average Bonchev–Trinajstić information content (AvgIpc) is 2.61. The van der Waals surface area contributed by atoms with Gasteiger partial charge in [-0.2, -0.15) is 0 Å². The summed E-state index contributed by atoms with van der Waals surface area (Å²) in [5.74, 6) is 0.794. The molecule has 2 rings (SSSR count). The van der Waals surface area contributed by atoms with Crippen LogP contribution in [0.3, 0.4) is 0 Å². The Morgan fingerprint density at radius 2 is 1.88 bits per heavy atom. The Bertz CT molecular complexity index is 841. The van der Waals surface area contributed by atoms with E-state index in [1.165, 1.54) is 12.1 Å². The molecule has 1 atom stereocenters. The zero-order valence-electron chi connectivity index (χ0n) is 14.3. The van der Waals surface area contributed by atoms with E-state index in [9.17, 15) is 18.6 Å². The molecule has 5 N–H and O–H groups in total. The second kappa shape index (κ2) is 8.86. The van der Waals surface area contributed by atoms with Crippen LogP contribution in [0.2, 0.25) is 0 Å². The minimum atomic E-state index is -4.07. The number of primary sulfonamides is 1. The number of benzene rings is 2. The van der Waals surface area contributed by atoms with Crippen molar-refractivity contribution in [1.29, 1.82) is 0 Å². The van der Waals surface area contributed by atoms with Crippen molar-refractivity contribution < 1.29 is 28.1 Å². The highest BCUT2D eigenvalue weighted by Gasteiger charge is 2.17. The molecule has 8 nitrogen and oxygen atoms in total. The number of para-hydroxylation sites is 2. The van der Waals surface area contributed by atoms with Gasteiger partial charge in [0.1, 0.15) is 17.3 Å². The van der Waals surface area contributed by atoms with Gasteiger partial charge in [0.15, 0.2) is 11.5 Å². The van der Waals surface area contributed by atoms with Crippen molar-refractivity contribution in [2.24, 2.45) is 5.14 Å². The lowest BCUT2D eigenvalue weighted by atomic mass is 10.1. The molecule has 0 aromatic heterocycles. The fourth-order valence-electron chi connectivity index (χ4n) is 2.29. The van der Waals surface area contributed by atoms with E-state index in [-0.39, 0.29) is 6.54 Å². The number of hydrogen-bond acceptors (Lipinski definition) is 7. The molecule has 0 bridgehead atoms. The number of methoxy groups -OCH3 is 1. The quantitative estimate of drug-likeness (QED) is 0.471. The summed E-state index contributed by atoms with van der Waals surface area (Å²) in [5, 5.41) is 27.8. The highest BCUT2D eigenvalue weighted by Crippen LogP contribution is 2.26. The first-order valence-electron chi connectivity index (χ1n) is 7.83. The van der Waals surface area contributed by atoms with Gasteiger partial charge in [-0.05, 0) is 29.8 Å². The van der Waals surface area contributed by atoms with Crippen LogP contribution in [0.15, 0.2) is 47.4 Å². The van der Waals surface area contributed by atoms with Crippen molar-refractivity contribution in [2.75, 3.05) is 26.8 Å². The third kappa shape index (κ3) is 5.33. The summed E-state index contributed by atoms with van der Waals surface area (Å²) in [5.41, 5.74) is 0.324. The third-order valence-corrected chi connectivity index (χ3v) is 4.56. The minimum absolute atomic E-state index is 0.171. The van der Waals surface area contributed by atoms with Crippen molar-refractivity contribution in [1.82, 2.24) is 5.32 Å². The van der Waals surface area contributed by atoms with Crippen molar-refractivity contribution in [3.8, 4) is 17.2 Å². The number of ether oxygens (including phenoxy) is 2. The lowest BCUT2D eigenvalue weighted by Gasteiger charge is -2.14. The molecule has 0 aliphatic rings. The van der Waals surface area contributed by atoms with Gasteiger partial charge in [-0.15, -0.1) is 0 Å². The zero-order valence-corrected chi connectivity index (χ0v) is 15.1. The van der Waals surface area contributed by atoms with Gasteiger partial charge in [0, 0.05) is 13.1 Å². The number of nitrogens with two attached hydrogens (primary N) is 1. The lowest BCUT2D eigenvalue weighted by molar-refractivity contribution is 0.171. The number of nitrogens with one attached hydrogen (secondary N) is 1. The third-order valence-electron chi connectivity index (χ3n) is 3.62. The summed E-state index contributed by atoms with van der Waals surface area (Å²) < 4.78 is 33.6. The summed E-state index contributed by atoms with van der Waals surface area (Å²) in [6.07, 6.45) is -0.970. The average molecular weight is 382 g/mol. The summed E-state index contributed by atoms with van der Waals surface area (Å²) in [4.78, 5) is -0.423. The van der Waals surface area contributed by atoms with Crippen molar-refractivity contribution in [3.05, 3.63) is 48.0 Å². The maximum absolute atomic E-state index is 11.4. The first-order chi connectivity index (χ1) is 12.3. The molecule has 0 fully saturated rings.